The number of anilines is 2. The van der Waals surface area contributed by atoms with Crippen LogP contribution in [-0.2, 0) is 25.7 Å². The minimum atomic E-state index is -0.238. The highest BCUT2D eigenvalue weighted by Gasteiger charge is 2.24. The number of thiophene rings is 2. The highest BCUT2D eigenvalue weighted by molar-refractivity contribution is 7.21. The summed E-state index contributed by atoms with van der Waals surface area (Å²) in [5.41, 5.74) is 11.1. The minimum absolute atomic E-state index is 0.238. The predicted molar refractivity (Wildman–Crippen MR) is 124 cm³/mol. The summed E-state index contributed by atoms with van der Waals surface area (Å²) in [4.78, 5) is 20.6. The summed E-state index contributed by atoms with van der Waals surface area (Å²) in [6.45, 7) is 0. The van der Waals surface area contributed by atoms with E-state index in [1.165, 1.54) is 47.5 Å². The standard InChI is InChI=1S/C23H24N4OS2/c24-12-16-14-8-5-6-10-18(14)29-23(16)27-21(28)20-19(25)15-11-13-7-3-1-2-4-9-17(13)26-22(15)30-20/h11H,1-10,25H2,(H,27,28). The van der Waals surface area contributed by atoms with Crippen molar-refractivity contribution in [1.82, 2.24) is 4.98 Å². The van der Waals surface area contributed by atoms with Crippen LogP contribution in [-0.4, -0.2) is 10.9 Å². The summed E-state index contributed by atoms with van der Waals surface area (Å²) in [6, 6.07) is 4.46. The number of hydrogen-bond acceptors (Lipinski definition) is 6. The van der Waals surface area contributed by atoms with Crippen LogP contribution in [0.3, 0.4) is 0 Å². The van der Waals surface area contributed by atoms with Gasteiger partial charge in [-0.1, -0.05) is 12.8 Å². The second-order valence-corrected chi connectivity index (χ2v) is 10.3. The lowest BCUT2D eigenvalue weighted by molar-refractivity contribution is 0.103. The summed E-state index contributed by atoms with van der Waals surface area (Å²) in [5, 5.41) is 14.2. The van der Waals surface area contributed by atoms with E-state index in [4.69, 9.17) is 10.7 Å². The third-order valence-corrected chi connectivity index (χ3v) is 8.54. The number of pyridine rings is 1. The molecule has 2 aliphatic carbocycles. The van der Waals surface area contributed by atoms with E-state index in [0.717, 1.165) is 60.0 Å². The molecule has 0 aromatic carbocycles. The van der Waals surface area contributed by atoms with Gasteiger partial charge in [0.25, 0.3) is 5.91 Å². The highest BCUT2D eigenvalue weighted by atomic mass is 32.1. The number of aryl methyl sites for hydroxylation is 3. The van der Waals surface area contributed by atoms with Gasteiger partial charge < -0.3 is 11.1 Å². The number of hydrogen-bond donors (Lipinski definition) is 2. The Morgan fingerprint density at radius 2 is 1.83 bits per heavy atom. The van der Waals surface area contributed by atoms with Crippen LogP contribution >= 0.6 is 22.7 Å². The van der Waals surface area contributed by atoms with Crippen molar-refractivity contribution in [3.05, 3.63) is 38.2 Å². The molecule has 2 aliphatic rings. The second-order valence-electron chi connectivity index (χ2n) is 8.19. The van der Waals surface area contributed by atoms with Gasteiger partial charge in [-0.05, 0) is 68.6 Å². The normalized spacial score (nSPS) is 16.2. The molecule has 30 heavy (non-hydrogen) atoms. The maximum Gasteiger partial charge on any atom is 0.268 e. The molecule has 0 fully saturated rings. The van der Waals surface area contributed by atoms with Crippen LogP contribution in [0.1, 0.15) is 75.5 Å². The number of nitrogens with zero attached hydrogens (tertiary/aromatic N) is 2. The Morgan fingerprint density at radius 3 is 2.67 bits per heavy atom. The molecule has 5 nitrogen and oxygen atoms in total. The van der Waals surface area contributed by atoms with E-state index in [1.54, 1.807) is 11.3 Å². The zero-order valence-electron chi connectivity index (χ0n) is 16.8. The molecule has 0 saturated heterocycles. The average molecular weight is 437 g/mol. The van der Waals surface area contributed by atoms with Crippen LogP contribution in [0, 0.1) is 11.3 Å². The van der Waals surface area contributed by atoms with Crippen molar-refractivity contribution in [2.24, 2.45) is 0 Å². The third kappa shape index (κ3) is 3.38. The zero-order valence-corrected chi connectivity index (χ0v) is 18.5. The Labute approximate surface area is 183 Å². The Morgan fingerprint density at radius 1 is 1.07 bits per heavy atom. The fourth-order valence-electron chi connectivity index (χ4n) is 4.61. The van der Waals surface area contributed by atoms with E-state index in [9.17, 15) is 10.1 Å². The van der Waals surface area contributed by atoms with Crippen molar-refractivity contribution in [2.75, 3.05) is 11.1 Å². The molecule has 3 aromatic heterocycles. The third-order valence-electron chi connectivity index (χ3n) is 6.22. The molecule has 5 rings (SSSR count). The maximum absolute atomic E-state index is 13.1. The van der Waals surface area contributed by atoms with Crippen LogP contribution in [0.4, 0.5) is 10.7 Å². The van der Waals surface area contributed by atoms with Gasteiger partial charge in [-0.2, -0.15) is 5.26 Å². The fourth-order valence-corrected chi connectivity index (χ4v) is 6.84. The summed E-state index contributed by atoms with van der Waals surface area (Å²) in [5.74, 6) is -0.238. The van der Waals surface area contributed by atoms with E-state index in [0.29, 0.717) is 21.1 Å². The quantitative estimate of drug-likeness (QED) is 0.547. The number of nitrogens with one attached hydrogen (secondary N) is 1. The van der Waals surface area contributed by atoms with Crippen molar-refractivity contribution < 1.29 is 4.79 Å². The van der Waals surface area contributed by atoms with Crippen LogP contribution < -0.4 is 11.1 Å². The average Bonchev–Trinajstić information content (AvgIpc) is 3.24. The fraction of sp³-hybridized carbons (Fsp3) is 0.435. The summed E-state index contributed by atoms with van der Waals surface area (Å²) in [7, 11) is 0. The van der Waals surface area contributed by atoms with E-state index >= 15 is 0 Å². The predicted octanol–water partition coefficient (Wildman–Crippen LogP) is 5.60. The Balaban J connectivity index is 1.49. The number of nitrogens with two attached hydrogens (primary N) is 1. The van der Waals surface area contributed by atoms with Crippen molar-refractivity contribution in [1.29, 1.82) is 5.26 Å². The van der Waals surface area contributed by atoms with E-state index in [1.807, 2.05) is 0 Å². The number of rotatable bonds is 2. The monoisotopic (exact) mass is 436 g/mol. The maximum atomic E-state index is 13.1. The molecule has 3 aromatic rings. The van der Waals surface area contributed by atoms with Crippen LogP contribution in [0.25, 0.3) is 10.2 Å². The number of nitriles is 1. The smallest absolute Gasteiger partial charge is 0.268 e. The lowest BCUT2D eigenvalue weighted by Crippen LogP contribution is -2.12. The molecular formula is C23H24N4OS2. The lowest BCUT2D eigenvalue weighted by Gasteiger charge is -2.12. The Kier molecular flexibility index (Phi) is 5.21. The zero-order chi connectivity index (χ0) is 20.7. The molecule has 0 unspecified atom stereocenters. The first-order valence-corrected chi connectivity index (χ1v) is 12.4. The highest BCUT2D eigenvalue weighted by Crippen LogP contribution is 2.39. The molecule has 3 N–H and O–H groups in total. The van der Waals surface area contributed by atoms with Crippen molar-refractivity contribution >= 4 is 49.5 Å². The largest absolute Gasteiger partial charge is 0.397 e. The summed E-state index contributed by atoms with van der Waals surface area (Å²) in [6.07, 6.45) is 11.0. The molecule has 154 valence electrons. The minimum Gasteiger partial charge on any atom is -0.397 e. The van der Waals surface area contributed by atoms with Gasteiger partial charge in [-0.3, -0.25) is 4.79 Å². The molecule has 0 saturated carbocycles. The van der Waals surface area contributed by atoms with Gasteiger partial charge in [0, 0.05) is 16.0 Å². The van der Waals surface area contributed by atoms with Gasteiger partial charge in [0.1, 0.15) is 20.8 Å². The number of carbonyl (C=O) groups is 1. The molecule has 0 atom stereocenters. The van der Waals surface area contributed by atoms with Gasteiger partial charge in [-0.15, -0.1) is 22.7 Å². The first kappa shape index (κ1) is 19.5. The Hall–Kier alpha value is -2.43. The van der Waals surface area contributed by atoms with Crippen LogP contribution in [0.5, 0.6) is 0 Å². The van der Waals surface area contributed by atoms with Crippen molar-refractivity contribution in [3.63, 3.8) is 0 Å². The molecule has 3 heterocycles. The molecule has 0 bridgehead atoms. The molecule has 0 radical (unpaired) electrons. The number of aromatic nitrogens is 1. The molecule has 7 heteroatoms. The van der Waals surface area contributed by atoms with E-state index in [-0.39, 0.29) is 5.91 Å². The van der Waals surface area contributed by atoms with Gasteiger partial charge in [-0.25, -0.2) is 4.98 Å². The molecule has 0 aliphatic heterocycles. The van der Waals surface area contributed by atoms with Crippen LogP contribution in [0.2, 0.25) is 0 Å². The molecule has 1 amide bonds. The van der Waals surface area contributed by atoms with Gasteiger partial charge in [0.2, 0.25) is 0 Å². The number of amides is 1. The van der Waals surface area contributed by atoms with Crippen molar-refractivity contribution in [3.8, 4) is 6.07 Å². The van der Waals surface area contributed by atoms with Crippen LogP contribution in [0.15, 0.2) is 6.07 Å². The van der Waals surface area contributed by atoms with E-state index in [2.05, 4.69) is 17.5 Å². The molecular weight excluding hydrogens is 412 g/mol. The summed E-state index contributed by atoms with van der Waals surface area (Å²) < 4.78 is 0. The topological polar surface area (TPSA) is 91.8 Å². The number of nitrogen functional groups attached to an aromatic ring is 1. The van der Waals surface area contributed by atoms with Gasteiger partial charge >= 0.3 is 0 Å². The van der Waals surface area contributed by atoms with Gasteiger partial charge in [0.15, 0.2) is 0 Å². The number of fused-ring (bicyclic) bond motifs is 3. The lowest BCUT2D eigenvalue weighted by atomic mass is 9.96. The number of carbonyl (C=O) groups excluding carboxylic acids is 1. The SMILES string of the molecule is N#Cc1c(NC(=O)c2sc3nc4c(cc3c2N)CCCCCC4)sc2c1CCCC2. The van der Waals surface area contributed by atoms with E-state index < -0.39 is 0 Å². The summed E-state index contributed by atoms with van der Waals surface area (Å²) >= 11 is 2.90. The van der Waals surface area contributed by atoms with Gasteiger partial charge in [0.05, 0.1) is 11.3 Å². The first-order chi connectivity index (χ1) is 14.7. The second kappa shape index (κ2) is 8.01. The molecule has 0 spiro atoms. The Bertz CT molecular complexity index is 1180. The first-order valence-electron chi connectivity index (χ1n) is 10.7. The van der Waals surface area contributed by atoms with Crippen molar-refractivity contribution in [2.45, 2.75) is 64.2 Å².